The lowest BCUT2D eigenvalue weighted by Gasteiger charge is -2.21. The molecule has 1 amide bonds. The van der Waals surface area contributed by atoms with Crippen LogP contribution in [0.3, 0.4) is 0 Å². The maximum Gasteiger partial charge on any atom is 0.310 e. The summed E-state index contributed by atoms with van der Waals surface area (Å²) in [6.07, 6.45) is 3.03. The monoisotopic (exact) mass is 379 g/mol. The fourth-order valence-corrected chi connectivity index (χ4v) is 2.91. The summed E-state index contributed by atoms with van der Waals surface area (Å²) < 4.78 is 6.79. The second-order valence-electron chi connectivity index (χ2n) is 6.20. The Balaban J connectivity index is 1.67. The van der Waals surface area contributed by atoms with E-state index in [4.69, 9.17) is 4.74 Å². The molecule has 0 saturated heterocycles. The highest BCUT2D eigenvalue weighted by Gasteiger charge is 2.19. The first-order chi connectivity index (χ1) is 13.5. The van der Waals surface area contributed by atoms with Crippen molar-refractivity contribution in [1.82, 2.24) is 19.6 Å². The van der Waals surface area contributed by atoms with Crippen molar-refractivity contribution < 1.29 is 14.3 Å². The molecular formula is C20H21N5O3. The van der Waals surface area contributed by atoms with Gasteiger partial charge in [0.15, 0.2) is 6.61 Å². The standard InChI is InChI=1S/C20H21N5O3/c1-4-10-24(16-8-6-5-7-9-16)18(26)12-28-19(27)11-17-14(2)23-20-21-13-22-25(20)15(17)3/h4-9,13H,1,10-12H2,2-3H3. The van der Waals surface area contributed by atoms with Crippen LogP contribution in [0.4, 0.5) is 5.69 Å². The van der Waals surface area contributed by atoms with Crippen molar-refractivity contribution in [2.24, 2.45) is 0 Å². The van der Waals surface area contributed by atoms with Crippen molar-refractivity contribution in [3.8, 4) is 0 Å². The number of para-hydroxylation sites is 1. The molecule has 0 atom stereocenters. The maximum atomic E-state index is 12.5. The van der Waals surface area contributed by atoms with Crippen LogP contribution in [-0.2, 0) is 20.7 Å². The number of aryl methyl sites for hydroxylation is 2. The number of rotatable bonds is 7. The smallest absolute Gasteiger partial charge is 0.310 e. The molecule has 0 aliphatic heterocycles. The van der Waals surface area contributed by atoms with Crippen molar-refractivity contribution in [2.45, 2.75) is 20.3 Å². The summed E-state index contributed by atoms with van der Waals surface area (Å²) in [6.45, 7) is 7.29. The predicted molar refractivity (Wildman–Crippen MR) is 104 cm³/mol. The zero-order valence-corrected chi connectivity index (χ0v) is 15.8. The number of esters is 1. The second-order valence-corrected chi connectivity index (χ2v) is 6.20. The van der Waals surface area contributed by atoms with Crippen LogP contribution in [0.2, 0.25) is 0 Å². The number of ether oxygens (including phenoxy) is 1. The maximum absolute atomic E-state index is 12.5. The van der Waals surface area contributed by atoms with E-state index in [1.165, 1.54) is 11.2 Å². The fraction of sp³-hybridized carbons (Fsp3) is 0.250. The first-order valence-electron chi connectivity index (χ1n) is 8.79. The molecule has 0 aliphatic carbocycles. The number of nitrogens with zero attached hydrogens (tertiary/aromatic N) is 5. The van der Waals surface area contributed by atoms with Crippen molar-refractivity contribution in [1.29, 1.82) is 0 Å². The number of carbonyl (C=O) groups excluding carboxylic acids is 2. The average Bonchev–Trinajstić information content (AvgIpc) is 3.16. The first kappa shape index (κ1) is 19.2. The van der Waals surface area contributed by atoms with Crippen LogP contribution in [0.5, 0.6) is 0 Å². The molecule has 8 heteroatoms. The highest BCUT2D eigenvalue weighted by Crippen LogP contribution is 2.15. The molecule has 8 nitrogen and oxygen atoms in total. The molecule has 0 N–H and O–H groups in total. The molecule has 2 aromatic heterocycles. The van der Waals surface area contributed by atoms with Gasteiger partial charge in [0.05, 0.1) is 6.42 Å². The number of benzene rings is 1. The molecule has 2 heterocycles. The fourth-order valence-electron chi connectivity index (χ4n) is 2.91. The van der Waals surface area contributed by atoms with Gasteiger partial charge in [-0.2, -0.15) is 10.1 Å². The summed E-state index contributed by atoms with van der Waals surface area (Å²) in [7, 11) is 0. The van der Waals surface area contributed by atoms with Gasteiger partial charge in [-0.3, -0.25) is 9.59 Å². The van der Waals surface area contributed by atoms with E-state index < -0.39 is 5.97 Å². The van der Waals surface area contributed by atoms with Crippen LogP contribution in [0, 0.1) is 13.8 Å². The minimum absolute atomic E-state index is 0.000538. The van der Waals surface area contributed by atoms with Gasteiger partial charge in [-0.25, -0.2) is 9.50 Å². The molecule has 144 valence electrons. The lowest BCUT2D eigenvalue weighted by atomic mass is 10.1. The number of hydrogen-bond donors (Lipinski definition) is 0. The van der Waals surface area contributed by atoms with Crippen LogP contribution in [0.1, 0.15) is 17.0 Å². The Morgan fingerprint density at radius 2 is 2.00 bits per heavy atom. The van der Waals surface area contributed by atoms with Gasteiger partial charge in [-0.1, -0.05) is 24.3 Å². The average molecular weight is 379 g/mol. The molecule has 0 unspecified atom stereocenters. The lowest BCUT2D eigenvalue weighted by Crippen LogP contribution is -2.35. The van der Waals surface area contributed by atoms with E-state index in [1.54, 1.807) is 17.5 Å². The van der Waals surface area contributed by atoms with Gasteiger partial charge in [0.2, 0.25) is 0 Å². The number of aromatic nitrogens is 4. The number of carbonyl (C=O) groups is 2. The van der Waals surface area contributed by atoms with Crippen LogP contribution >= 0.6 is 0 Å². The topological polar surface area (TPSA) is 89.7 Å². The lowest BCUT2D eigenvalue weighted by molar-refractivity contribution is -0.147. The molecule has 0 fully saturated rings. The van der Waals surface area contributed by atoms with E-state index >= 15 is 0 Å². The van der Waals surface area contributed by atoms with Crippen molar-refractivity contribution >= 4 is 23.3 Å². The summed E-state index contributed by atoms with van der Waals surface area (Å²) in [6, 6.07) is 9.17. The largest absolute Gasteiger partial charge is 0.455 e. The van der Waals surface area contributed by atoms with Gasteiger partial charge in [0.1, 0.15) is 6.33 Å². The summed E-state index contributed by atoms with van der Waals surface area (Å²) >= 11 is 0. The Bertz CT molecular complexity index is 1010. The van der Waals surface area contributed by atoms with Crippen molar-refractivity contribution in [2.75, 3.05) is 18.1 Å². The quantitative estimate of drug-likeness (QED) is 0.461. The third-order valence-electron chi connectivity index (χ3n) is 4.35. The predicted octanol–water partition coefficient (Wildman–Crippen LogP) is 2.05. The van der Waals surface area contributed by atoms with E-state index in [2.05, 4.69) is 21.6 Å². The summed E-state index contributed by atoms with van der Waals surface area (Å²) in [5.74, 6) is -0.351. The van der Waals surface area contributed by atoms with Gasteiger partial charge >= 0.3 is 5.97 Å². The van der Waals surface area contributed by atoms with Crippen LogP contribution < -0.4 is 4.90 Å². The third-order valence-corrected chi connectivity index (χ3v) is 4.35. The molecular weight excluding hydrogens is 358 g/mol. The van der Waals surface area contributed by atoms with E-state index in [0.717, 1.165) is 11.4 Å². The first-order valence-corrected chi connectivity index (χ1v) is 8.79. The summed E-state index contributed by atoms with van der Waals surface area (Å²) in [5.41, 5.74) is 2.87. The minimum Gasteiger partial charge on any atom is -0.455 e. The SMILES string of the molecule is C=CCN(C(=O)COC(=O)Cc1c(C)nc2ncnn2c1C)c1ccccc1. The zero-order chi connectivity index (χ0) is 20.1. The van der Waals surface area contributed by atoms with E-state index in [9.17, 15) is 9.59 Å². The molecule has 0 bridgehead atoms. The molecule has 0 saturated carbocycles. The Morgan fingerprint density at radius 1 is 1.25 bits per heavy atom. The Kier molecular flexibility index (Phi) is 5.78. The van der Waals surface area contributed by atoms with Gasteiger partial charge in [0, 0.05) is 29.2 Å². The van der Waals surface area contributed by atoms with E-state index in [-0.39, 0.29) is 18.9 Å². The molecule has 28 heavy (non-hydrogen) atoms. The second kappa shape index (κ2) is 8.43. The van der Waals surface area contributed by atoms with Crippen molar-refractivity contribution in [3.05, 3.63) is 66.3 Å². The molecule has 0 radical (unpaired) electrons. The van der Waals surface area contributed by atoms with Crippen LogP contribution in [0.25, 0.3) is 5.78 Å². The number of fused-ring (bicyclic) bond motifs is 1. The molecule has 3 rings (SSSR count). The minimum atomic E-state index is -0.507. The highest BCUT2D eigenvalue weighted by atomic mass is 16.5. The van der Waals surface area contributed by atoms with E-state index in [1.807, 2.05) is 37.3 Å². The molecule has 3 aromatic rings. The van der Waals surface area contributed by atoms with Gasteiger partial charge < -0.3 is 9.64 Å². The number of amides is 1. The zero-order valence-electron chi connectivity index (χ0n) is 15.8. The van der Waals surface area contributed by atoms with Crippen LogP contribution in [0.15, 0.2) is 49.3 Å². The molecule has 1 aromatic carbocycles. The van der Waals surface area contributed by atoms with Crippen LogP contribution in [-0.4, -0.2) is 44.6 Å². The Morgan fingerprint density at radius 3 is 2.71 bits per heavy atom. The summed E-state index contributed by atoms with van der Waals surface area (Å²) in [5, 5.41) is 4.10. The van der Waals surface area contributed by atoms with Gasteiger partial charge in [0.25, 0.3) is 11.7 Å². The molecule has 0 aliphatic rings. The van der Waals surface area contributed by atoms with Crippen molar-refractivity contribution in [3.63, 3.8) is 0 Å². The number of hydrogen-bond acceptors (Lipinski definition) is 6. The molecule has 0 spiro atoms. The Labute approximate surface area is 162 Å². The highest BCUT2D eigenvalue weighted by molar-refractivity contribution is 5.95. The van der Waals surface area contributed by atoms with Gasteiger partial charge in [-0.05, 0) is 26.0 Å². The van der Waals surface area contributed by atoms with Gasteiger partial charge in [-0.15, -0.1) is 6.58 Å². The Hall–Kier alpha value is -3.55. The summed E-state index contributed by atoms with van der Waals surface area (Å²) in [4.78, 5) is 34.8. The van der Waals surface area contributed by atoms with E-state index in [0.29, 0.717) is 23.6 Å². The normalized spacial score (nSPS) is 10.6. The third kappa shape index (κ3) is 4.06. The number of anilines is 1.